The van der Waals surface area contributed by atoms with Gasteiger partial charge < -0.3 is 31.6 Å². The van der Waals surface area contributed by atoms with Crippen LogP contribution in [0.25, 0.3) is 0 Å². The number of rotatable bonds is 15. The fourth-order valence-corrected chi connectivity index (χ4v) is 2.47. The molecule has 0 bridgehead atoms. The van der Waals surface area contributed by atoms with Crippen LogP contribution in [0.4, 0.5) is 0 Å². The number of carbonyl (C=O) groups excluding carboxylic acids is 2. The standard InChI is InChI=1S/C22H36N6O4/c1-16(2)14-21(30)25-9-11-32-13-12-31-10-8-20(29)26-15-18-4-6-19(7-5-18)22(24)28-27-17(3)23/h4-7,16H,8-15H2,1-3H3,(H2,23,27)(H2,24,28)(H,25,30)(H,26,29). The van der Waals surface area contributed by atoms with Gasteiger partial charge in [-0.25, -0.2) is 0 Å². The van der Waals surface area contributed by atoms with Gasteiger partial charge in [-0.1, -0.05) is 38.1 Å². The van der Waals surface area contributed by atoms with Crippen molar-refractivity contribution in [1.82, 2.24) is 10.6 Å². The van der Waals surface area contributed by atoms with Crippen LogP contribution in [-0.2, 0) is 25.6 Å². The number of amidine groups is 2. The first-order valence-corrected chi connectivity index (χ1v) is 10.7. The van der Waals surface area contributed by atoms with Gasteiger partial charge in [-0.15, -0.1) is 10.2 Å². The molecule has 0 aliphatic rings. The molecule has 32 heavy (non-hydrogen) atoms. The molecule has 0 heterocycles. The third-order valence-corrected chi connectivity index (χ3v) is 4.06. The summed E-state index contributed by atoms with van der Waals surface area (Å²) in [5, 5.41) is 13.2. The summed E-state index contributed by atoms with van der Waals surface area (Å²) in [4.78, 5) is 23.4. The number of ether oxygens (including phenoxy) is 2. The number of amides is 2. The predicted octanol–water partition coefficient (Wildman–Crippen LogP) is 0.886. The minimum absolute atomic E-state index is 0.0343. The summed E-state index contributed by atoms with van der Waals surface area (Å²) in [6, 6.07) is 7.33. The molecule has 0 atom stereocenters. The molecule has 2 amide bonds. The van der Waals surface area contributed by atoms with Gasteiger partial charge in [-0.05, 0) is 18.4 Å². The first kappa shape index (κ1) is 27.1. The van der Waals surface area contributed by atoms with Crippen molar-refractivity contribution in [2.24, 2.45) is 27.6 Å². The lowest BCUT2D eigenvalue weighted by atomic mass is 10.1. The maximum absolute atomic E-state index is 11.9. The van der Waals surface area contributed by atoms with Crippen molar-refractivity contribution in [3.63, 3.8) is 0 Å². The van der Waals surface area contributed by atoms with Crippen molar-refractivity contribution in [3.8, 4) is 0 Å². The van der Waals surface area contributed by atoms with Gasteiger partial charge in [0, 0.05) is 31.5 Å². The molecule has 178 valence electrons. The highest BCUT2D eigenvalue weighted by Crippen LogP contribution is 2.04. The minimum Gasteiger partial charge on any atom is -0.386 e. The molecule has 0 saturated heterocycles. The fraction of sp³-hybridized carbons (Fsp3) is 0.545. The molecule has 0 radical (unpaired) electrons. The Morgan fingerprint density at radius 2 is 1.59 bits per heavy atom. The van der Waals surface area contributed by atoms with Crippen LogP contribution in [0.1, 0.15) is 44.7 Å². The van der Waals surface area contributed by atoms with E-state index in [2.05, 4.69) is 20.8 Å². The maximum atomic E-state index is 11.9. The topological polar surface area (TPSA) is 153 Å². The van der Waals surface area contributed by atoms with E-state index in [0.29, 0.717) is 57.7 Å². The van der Waals surface area contributed by atoms with Crippen LogP contribution in [0.3, 0.4) is 0 Å². The molecule has 10 heteroatoms. The van der Waals surface area contributed by atoms with Gasteiger partial charge in [0.15, 0.2) is 5.84 Å². The van der Waals surface area contributed by atoms with E-state index in [1.807, 2.05) is 26.0 Å². The van der Waals surface area contributed by atoms with E-state index in [0.717, 1.165) is 11.1 Å². The highest BCUT2D eigenvalue weighted by molar-refractivity contribution is 5.97. The zero-order valence-corrected chi connectivity index (χ0v) is 19.2. The Bertz CT molecular complexity index is 758. The van der Waals surface area contributed by atoms with Crippen LogP contribution < -0.4 is 22.1 Å². The lowest BCUT2D eigenvalue weighted by Gasteiger charge is -2.09. The summed E-state index contributed by atoms with van der Waals surface area (Å²) in [7, 11) is 0. The number of carbonyl (C=O) groups is 2. The Labute approximate surface area is 189 Å². The van der Waals surface area contributed by atoms with Gasteiger partial charge >= 0.3 is 0 Å². The summed E-state index contributed by atoms with van der Waals surface area (Å²) < 4.78 is 10.8. The van der Waals surface area contributed by atoms with Gasteiger partial charge in [0.2, 0.25) is 11.8 Å². The van der Waals surface area contributed by atoms with Gasteiger partial charge in [-0.3, -0.25) is 9.59 Å². The molecule has 1 rings (SSSR count). The van der Waals surface area contributed by atoms with Crippen LogP contribution in [0.15, 0.2) is 34.5 Å². The predicted molar refractivity (Wildman–Crippen MR) is 125 cm³/mol. The summed E-state index contributed by atoms with van der Waals surface area (Å²) >= 11 is 0. The first-order chi connectivity index (χ1) is 15.3. The summed E-state index contributed by atoms with van der Waals surface area (Å²) in [5.74, 6) is 0.866. The number of hydrogen-bond acceptors (Lipinski definition) is 6. The molecule has 1 aromatic rings. The van der Waals surface area contributed by atoms with E-state index in [1.165, 1.54) is 0 Å². The van der Waals surface area contributed by atoms with Gasteiger partial charge in [0.25, 0.3) is 0 Å². The smallest absolute Gasteiger partial charge is 0.222 e. The fourth-order valence-electron chi connectivity index (χ4n) is 2.47. The van der Waals surface area contributed by atoms with Crippen LogP contribution in [0.5, 0.6) is 0 Å². The number of nitrogens with zero attached hydrogens (tertiary/aromatic N) is 2. The molecule has 0 unspecified atom stereocenters. The molecule has 0 fully saturated rings. The third-order valence-electron chi connectivity index (χ3n) is 4.06. The van der Waals surface area contributed by atoms with Crippen LogP contribution in [-0.4, -0.2) is 56.5 Å². The second kappa shape index (κ2) is 15.8. The number of nitrogens with one attached hydrogen (secondary N) is 2. The van der Waals surface area contributed by atoms with Gasteiger partial charge in [-0.2, -0.15) is 0 Å². The van der Waals surface area contributed by atoms with Crippen molar-refractivity contribution < 1.29 is 19.1 Å². The average molecular weight is 449 g/mol. The van der Waals surface area contributed by atoms with Gasteiger partial charge in [0.05, 0.1) is 26.4 Å². The van der Waals surface area contributed by atoms with Crippen molar-refractivity contribution in [2.45, 2.75) is 40.2 Å². The van der Waals surface area contributed by atoms with Gasteiger partial charge in [0.1, 0.15) is 5.84 Å². The van der Waals surface area contributed by atoms with E-state index in [9.17, 15) is 9.59 Å². The Morgan fingerprint density at radius 3 is 2.22 bits per heavy atom. The number of nitrogens with two attached hydrogens (primary N) is 2. The molecule has 0 spiro atoms. The van der Waals surface area contributed by atoms with Crippen molar-refractivity contribution in [2.75, 3.05) is 33.0 Å². The largest absolute Gasteiger partial charge is 0.386 e. The molecule has 1 aromatic carbocycles. The lowest BCUT2D eigenvalue weighted by Crippen LogP contribution is -2.28. The molecular weight excluding hydrogens is 412 g/mol. The Kier molecular flexibility index (Phi) is 13.3. The number of hydrogen-bond donors (Lipinski definition) is 4. The van der Waals surface area contributed by atoms with Crippen LogP contribution in [0, 0.1) is 5.92 Å². The molecule has 0 aliphatic heterocycles. The van der Waals surface area contributed by atoms with Crippen LogP contribution in [0.2, 0.25) is 0 Å². The molecule has 0 aromatic heterocycles. The summed E-state index contributed by atoms with van der Waals surface area (Å²) in [5.41, 5.74) is 12.9. The highest BCUT2D eigenvalue weighted by atomic mass is 16.5. The normalized spacial score (nSPS) is 12.1. The Balaban J connectivity index is 2.10. The molecule has 6 N–H and O–H groups in total. The lowest BCUT2D eigenvalue weighted by molar-refractivity contribution is -0.122. The second-order valence-corrected chi connectivity index (χ2v) is 7.62. The van der Waals surface area contributed by atoms with Crippen LogP contribution >= 0.6 is 0 Å². The molecule has 0 aliphatic carbocycles. The number of benzene rings is 1. The van der Waals surface area contributed by atoms with Crippen molar-refractivity contribution in [1.29, 1.82) is 0 Å². The van der Waals surface area contributed by atoms with E-state index >= 15 is 0 Å². The second-order valence-electron chi connectivity index (χ2n) is 7.62. The highest BCUT2D eigenvalue weighted by Gasteiger charge is 2.04. The van der Waals surface area contributed by atoms with Crippen molar-refractivity contribution >= 4 is 23.5 Å². The van der Waals surface area contributed by atoms with E-state index in [4.69, 9.17) is 20.9 Å². The summed E-state index contributed by atoms with van der Waals surface area (Å²) in [6.45, 7) is 8.07. The third kappa shape index (κ3) is 13.3. The average Bonchev–Trinajstić information content (AvgIpc) is 2.74. The van der Waals surface area contributed by atoms with E-state index in [1.54, 1.807) is 19.1 Å². The minimum atomic E-state index is -0.100. The molecule has 10 nitrogen and oxygen atoms in total. The van der Waals surface area contributed by atoms with Crippen molar-refractivity contribution in [3.05, 3.63) is 35.4 Å². The Hall–Kier alpha value is -2.98. The first-order valence-electron chi connectivity index (χ1n) is 10.7. The van der Waals surface area contributed by atoms with E-state index in [-0.39, 0.29) is 24.1 Å². The zero-order chi connectivity index (χ0) is 23.8. The molecule has 0 saturated carbocycles. The molecular formula is C22H36N6O4. The SMILES string of the molecule is C/C(N)=N/N=C(\N)c1ccc(CNC(=O)CCOCCOCCNC(=O)CC(C)C)cc1. The maximum Gasteiger partial charge on any atom is 0.222 e. The monoisotopic (exact) mass is 448 g/mol. The zero-order valence-electron chi connectivity index (χ0n) is 19.2. The summed E-state index contributed by atoms with van der Waals surface area (Å²) in [6.07, 6.45) is 0.782. The Morgan fingerprint density at radius 1 is 0.938 bits per heavy atom. The van der Waals surface area contributed by atoms with E-state index < -0.39 is 0 Å². The quantitative estimate of drug-likeness (QED) is 0.135.